The maximum atomic E-state index is 13.3. The van der Waals surface area contributed by atoms with Crippen LogP contribution < -0.4 is 16.4 Å². The highest BCUT2D eigenvalue weighted by Crippen LogP contribution is 2.27. The van der Waals surface area contributed by atoms with Gasteiger partial charge in [0.15, 0.2) is 5.69 Å². The van der Waals surface area contributed by atoms with E-state index in [1.54, 1.807) is 12.1 Å². The van der Waals surface area contributed by atoms with Crippen molar-refractivity contribution in [3.05, 3.63) is 28.9 Å². The number of ether oxygens (including phenoxy) is 1. The number of rotatable bonds is 7. The van der Waals surface area contributed by atoms with Gasteiger partial charge < -0.3 is 21.1 Å². The lowest BCUT2D eigenvalue weighted by Gasteiger charge is -2.30. The third-order valence-corrected chi connectivity index (χ3v) is 5.78. The van der Waals surface area contributed by atoms with E-state index in [4.69, 9.17) is 22.1 Å². The van der Waals surface area contributed by atoms with Crippen LogP contribution in [0.5, 0.6) is 0 Å². The second-order valence-electron chi connectivity index (χ2n) is 9.20. The van der Waals surface area contributed by atoms with Crippen LogP contribution in [0.25, 0.3) is 10.9 Å². The van der Waals surface area contributed by atoms with E-state index in [1.807, 2.05) is 31.5 Å². The zero-order valence-electron chi connectivity index (χ0n) is 18.6. The standard InChI is InChI=1S/C22H30ClN5O4/c1-22(2,3)19(21(31)25-11-17(24)29)26-20(30)18-15-10-14(23)4-5-16(15)28(27-18)12-13-6-8-32-9-7-13/h4-5,10,13,19H,6-9,11-12H2,1-3H3,(H2,24,29)(H,25,31)(H,26,30)/t19-/m1/s1. The second-order valence-corrected chi connectivity index (χ2v) is 9.64. The first-order valence-corrected chi connectivity index (χ1v) is 11.0. The van der Waals surface area contributed by atoms with Crippen LogP contribution in [0.2, 0.25) is 5.02 Å². The fourth-order valence-corrected chi connectivity index (χ4v) is 3.96. The van der Waals surface area contributed by atoms with Crippen LogP contribution in [-0.4, -0.2) is 53.3 Å². The van der Waals surface area contributed by atoms with Crippen molar-refractivity contribution < 1.29 is 19.1 Å². The Labute approximate surface area is 192 Å². The molecule has 1 aromatic heterocycles. The van der Waals surface area contributed by atoms with E-state index in [-0.39, 0.29) is 12.2 Å². The average molecular weight is 464 g/mol. The third-order valence-electron chi connectivity index (χ3n) is 5.54. The van der Waals surface area contributed by atoms with Crippen LogP contribution in [0.1, 0.15) is 44.1 Å². The van der Waals surface area contributed by atoms with E-state index in [0.29, 0.717) is 22.9 Å². The van der Waals surface area contributed by atoms with E-state index < -0.39 is 29.2 Å². The minimum absolute atomic E-state index is 0.200. The normalized spacial score (nSPS) is 16.0. The molecule has 9 nitrogen and oxygen atoms in total. The smallest absolute Gasteiger partial charge is 0.273 e. The van der Waals surface area contributed by atoms with Gasteiger partial charge in [-0.25, -0.2) is 0 Å². The highest BCUT2D eigenvalue weighted by molar-refractivity contribution is 6.31. The number of hydrogen-bond donors (Lipinski definition) is 3. The summed E-state index contributed by atoms with van der Waals surface area (Å²) in [4.78, 5) is 37.0. The zero-order valence-corrected chi connectivity index (χ0v) is 19.4. The minimum Gasteiger partial charge on any atom is -0.381 e. The van der Waals surface area contributed by atoms with Crippen molar-refractivity contribution in [2.45, 2.75) is 46.2 Å². The van der Waals surface area contributed by atoms with Gasteiger partial charge >= 0.3 is 0 Å². The van der Waals surface area contributed by atoms with Gasteiger partial charge in [-0.05, 0) is 42.4 Å². The first-order chi connectivity index (χ1) is 15.1. The molecular weight excluding hydrogens is 434 g/mol. The van der Waals surface area contributed by atoms with Crippen molar-refractivity contribution in [1.29, 1.82) is 0 Å². The lowest BCUT2D eigenvalue weighted by molar-refractivity contribution is -0.128. The second kappa shape index (κ2) is 9.87. The number of primary amides is 1. The highest BCUT2D eigenvalue weighted by Gasteiger charge is 2.34. The van der Waals surface area contributed by atoms with Crippen LogP contribution >= 0.6 is 11.6 Å². The summed E-state index contributed by atoms with van der Waals surface area (Å²) >= 11 is 6.20. The monoisotopic (exact) mass is 463 g/mol. The molecule has 0 radical (unpaired) electrons. The number of fused-ring (bicyclic) bond motifs is 1. The number of nitrogens with two attached hydrogens (primary N) is 1. The van der Waals surface area contributed by atoms with Crippen molar-refractivity contribution in [2.24, 2.45) is 17.1 Å². The number of halogens is 1. The van der Waals surface area contributed by atoms with Gasteiger partial charge in [0.1, 0.15) is 6.04 Å². The van der Waals surface area contributed by atoms with Gasteiger partial charge in [-0.15, -0.1) is 0 Å². The number of carbonyl (C=O) groups excluding carboxylic acids is 3. The number of amides is 3. The van der Waals surface area contributed by atoms with Crippen molar-refractivity contribution in [1.82, 2.24) is 20.4 Å². The van der Waals surface area contributed by atoms with Crippen LogP contribution in [-0.2, 0) is 20.9 Å². The first-order valence-electron chi connectivity index (χ1n) is 10.7. The molecule has 3 amide bonds. The molecule has 1 saturated heterocycles. The summed E-state index contributed by atoms with van der Waals surface area (Å²) in [5.74, 6) is -1.24. The largest absolute Gasteiger partial charge is 0.381 e. The summed E-state index contributed by atoms with van der Waals surface area (Å²) < 4.78 is 7.27. The van der Waals surface area contributed by atoms with Crippen LogP contribution in [0.15, 0.2) is 18.2 Å². The Morgan fingerprint density at radius 1 is 1.28 bits per heavy atom. The lowest BCUT2D eigenvalue weighted by atomic mass is 9.86. The maximum absolute atomic E-state index is 13.3. The Morgan fingerprint density at radius 2 is 1.97 bits per heavy atom. The molecule has 32 heavy (non-hydrogen) atoms. The number of aromatic nitrogens is 2. The fraction of sp³-hybridized carbons (Fsp3) is 0.545. The van der Waals surface area contributed by atoms with E-state index in [1.165, 1.54) is 0 Å². The highest BCUT2D eigenvalue weighted by atomic mass is 35.5. The molecule has 174 valence electrons. The molecule has 0 bridgehead atoms. The predicted molar refractivity (Wildman–Crippen MR) is 121 cm³/mol. The van der Waals surface area contributed by atoms with Crippen molar-refractivity contribution >= 4 is 40.2 Å². The Balaban J connectivity index is 1.89. The summed E-state index contributed by atoms with van der Waals surface area (Å²) in [7, 11) is 0. The van der Waals surface area contributed by atoms with Gasteiger partial charge in [0.25, 0.3) is 5.91 Å². The Morgan fingerprint density at radius 3 is 2.59 bits per heavy atom. The molecule has 0 spiro atoms. The molecule has 2 heterocycles. The summed E-state index contributed by atoms with van der Waals surface area (Å²) in [6, 6.07) is 4.42. The number of carbonyl (C=O) groups is 3. The topological polar surface area (TPSA) is 128 Å². The van der Waals surface area contributed by atoms with Crippen LogP contribution in [0, 0.1) is 11.3 Å². The number of nitrogens with zero attached hydrogens (tertiary/aromatic N) is 2. The van der Waals surface area contributed by atoms with Crippen LogP contribution in [0.4, 0.5) is 0 Å². The summed E-state index contributed by atoms with van der Waals surface area (Å²) in [5, 5.41) is 10.9. The van der Waals surface area contributed by atoms with Gasteiger partial charge in [0.05, 0.1) is 12.1 Å². The molecule has 10 heteroatoms. The summed E-state index contributed by atoms with van der Waals surface area (Å²) in [6.45, 7) is 7.26. The molecule has 2 aromatic rings. The Hall–Kier alpha value is -2.65. The van der Waals surface area contributed by atoms with Gasteiger partial charge in [-0.3, -0.25) is 19.1 Å². The van der Waals surface area contributed by atoms with E-state index in [9.17, 15) is 14.4 Å². The van der Waals surface area contributed by atoms with E-state index in [0.717, 1.165) is 31.6 Å². The summed E-state index contributed by atoms with van der Waals surface area (Å²) in [6.07, 6.45) is 1.87. The summed E-state index contributed by atoms with van der Waals surface area (Å²) in [5.41, 5.74) is 5.51. The van der Waals surface area contributed by atoms with Gasteiger partial charge in [-0.1, -0.05) is 32.4 Å². The van der Waals surface area contributed by atoms with Gasteiger partial charge in [0, 0.05) is 30.2 Å². The lowest BCUT2D eigenvalue weighted by Crippen LogP contribution is -2.54. The molecule has 1 aliphatic heterocycles. The zero-order chi connectivity index (χ0) is 23.5. The van der Waals surface area contributed by atoms with Crippen molar-refractivity contribution in [3.8, 4) is 0 Å². The Kier molecular flexibility index (Phi) is 7.40. The first kappa shape index (κ1) is 24.0. The van der Waals surface area contributed by atoms with E-state index in [2.05, 4.69) is 15.7 Å². The molecule has 1 fully saturated rings. The Bertz CT molecular complexity index is 1010. The number of hydrogen-bond acceptors (Lipinski definition) is 5. The van der Waals surface area contributed by atoms with Crippen molar-refractivity contribution in [3.63, 3.8) is 0 Å². The van der Waals surface area contributed by atoms with Crippen molar-refractivity contribution in [2.75, 3.05) is 19.8 Å². The fourth-order valence-electron chi connectivity index (χ4n) is 3.78. The molecule has 4 N–H and O–H groups in total. The molecule has 1 aromatic carbocycles. The number of nitrogens with one attached hydrogen (secondary N) is 2. The molecule has 1 atom stereocenters. The number of benzene rings is 1. The molecule has 0 aliphatic carbocycles. The minimum atomic E-state index is -0.899. The SMILES string of the molecule is CC(C)(C)[C@H](NC(=O)c1nn(CC2CCOCC2)c2ccc(Cl)cc12)C(=O)NCC(N)=O. The van der Waals surface area contributed by atoms with E-state index >= 15 is 0 Å². The van der Waals surface area contributed by atoms with Gasteiger partial charge in [-0.2, -0.15) is 5.10 Å². The molecule has 1 aliphatic rings. The van der Waals surface area contributed by atoms with Crippen LogP contribution in [0.3, 0.4) is 0 Å². The molecule has 0 saturated carbocycles. The molecular formula is C22H30ClN5O4. The molecule has 0 unspecified atom stereocenters. The maximum Gasteiger partial charge on any atom is 0.273 e. The predicted octanol–water partition coefficient (Wildman–Crippen LogP) is 1.86. The average Bonchev–Trinajstić information content (AvgIpc) is 3.07. The van der Waals surface area contributed by atoms with Gasteiger partial charge in [0.2, 0.25) is 11.8 Å². The quantitative estimate of drug-likeness (QED) is 0.577. The third kappa shape index (κ3) is 5.77. The molecule has 3 rings (SSSR count).